The highest BCUT2D eigenvalue weighted by Gasteiger charge is 2.62. The number of thioether (sulfide) groups is 1. The highest BCUT2D eigenvalue weighted by atomic mass is 32.2. The predicted molar refractivity (Wildman–Crippen MR) is 199 cm³/mol. The monoisotopic (exact) mass is 720 g/mol. The number of benzene rings is 1. The molecule has 1 aromatic rings. The number of allylic oxidation sites excluding steroid dienone is 3. The van der Waals surface area contributed by atoms with Gasteiger partial charge in [-0.1, -0.05) is 75.8 Å². The molecule has 0 aromatic heterocycles. The van der Waals surface area contributed by atoms with Gasteiger partial charge in [-0.05, 0) is 99.2 Å². The number of carbonyl (C=O) groups is 4. The zero-order chi connectivity index (χ0) is 37.4. The molecule has 0 amide bonds. The molecule has 1 saturated carbocycles. The second-order valence-electron chi connectivity index (χ2n) is 13.9. The molecule has 4 rings (SSSR count). The van der Waals surface area contributed by atoms with Gasteiger partial charge in [-0.2, -0.15) is 0 Å². The van der Waals surface area contributed by atoms with E-state index in [1.165, 1.54) is 17.7 Å². The normalized spacial score (nSPS) is 24.4. The molecule has 0 aliphatic heterocycles. The number of ether oxygens (including phenoxy) is 4. The molecule has 3 aliphatic rings. The van der Waals surface area contributed by atoms with E-state index >= 15 is 0 Å². The Labute approximate surface area is 306 Å². The van der Waals surface area contributed by atoms with Gasteiger partial charge in [0.2, 0.25) is 0 Å². The Bertz CT molecular complexity index is 1600. The molecule has 0 bridgehead atoms. The Morgan fingerprint density at radius 1 is 1.12 bits per heavy atom. The number of carbonyl (C=O) groups excluding carboxylic acids is 4. The average Bonchev–Trinajstić information content (AvgIpc) is 3.32. The second-order valence-corrected chi connectivity index (χ2v) is 14.8. The van der Waals surface area contributed by atoms with E-state index in [9.17, 15) is 24.3 Å². The number of unbranched alkanes of at least 4 members (excludes halogenated alkanes) is 2. The third kappa shape index (κ3) is 9.07. The molecule has 276 valence electrons. The fraction of sp³-hybridized carbons (Fsp3) is 0.512. The van der Waals surface area contributed by atoms with Crippen molar-refractivity contribution in [2.24, 2.45) is 29.6 Å². The van der Waals surface area contributed by atoms with Crippen molar-refractivity contribution >= 4 is 35.0 Å². The minimum absolute atomic E-state index is 0.0271. The maximum Gasteiger partial charge on any atom is 0.508 e. The lowest BCUT2D eigenvalue weighted by Crippen LogP contribution is -2.54. The van der Waals surface area contributed by atoms with Gasteiger partial charge in [-0.25, -0.2) is 14.4 Å². The minimum Gasteiger partial charge on any atom is -0.507 e. The summed E-state index contributed by atoms with van der Waals surface area (Å²) in [7, 11) is 0. The van der Waals surface area contributed by atoms with Gasteiger partial charge in [0, 0.05) is 22.8 Å². The number of hydrogen-bond acceptors (Lipinski definition) is 10. The zero-order valence-electron chi connectivity index (χ0n) is 30.5. The van der Waals surface area contributed by atoms with E-state index in [1.807, 2.05) is 19.9 Å². The minimum atomic E-state index is -0.908. The van der Waals surface area contributed by atoms with Crippen LogP contribution in [0.4, 0.5) is 9.59 Å². The maximum atomic E-state index is 13.7. The molecule has 0 radical (unpaired) electrons. The van der Waals surface area contributed by atoms with Crippen LogP contribution in [0, 0.1) is 29.6 Å². The number of Topliss-reactive ketones (excluding diaryl/α,β-unsaturated/α-hetero) is 1. The number of fused-ring (bicyclic) bond motifs is 1. The molecule has 0 saturated heterocycles. The SMILES string of the molecule is C=CCOC(=O)O[C@H](C)[C@H]1C(=O)C2C(C(=O)OCC=C)=C(CSC(=O)Oc3cc(CCCCC)cc(O)c3[C@@H]3C=C(C)CC[C@H]3C(=C)C)[C@H](C)[C@@H]21. The van der Waals surface area contributed by atoms with Gasteiger partial charge in [-0.15, -0.1) is 0 Å². The molecule has 1 fully saturated rings. The first kappa shape index (κ1) is 39.7. The van der Waals surface area contributed by atoms with Crippen molar-refractivity contribution < 1.29 is 43.2 Å². The van der Waals surface area contributed by atoms with Crippen LogP contribution in [0.15, 0.2) is 72.4 Å². The van der Waals surface area contributed by atoms with Crippen molar-refractivity contribution in [1.29, 1.82) is 0 Å². The Morgan fingerprint density at radius 3 is 2.49 bits per heavy atom. The molecule has 0 heterocycles. The van der Waals surface area contributed by atoms with Crippen molar-refractivity contribution in [3.8, 4) is 11.5 Å². The van der Waals surface area contributed by atoms with Crippen molar-refractivity contribution in [2.45, 2.75) is 85.2 Å². The Morgan fingerprint density at radius 2 is 1.82 bits per heavy atom. The highest BCUT2D eigenvalue weighted by molar-refractivity contribution is 8.13. The number of phenols is 1. The fourth-order valence-electron chi connectivity index (χ4n) is 7.87. The van der Waals surface area contributed by atoms with E-state index in [1.54, 1.807) is 13.0 Å². The molecule has 1 N–H and O–H groups in total. The first-order chi connectivity index (χ1) is 24.3. The number of esters is 1. The number of rotatable bonds is 16. The van der Waals surface area contributed by atoms with E-state index in [0.29, 0.717) is 16.9 Å². The van der Waals surface area contributed by atoms with Gasteiger partial charge >= 0.3 is 17.4 Å². The molecule has 10 heteroatoms. The lowest BCUT2D eigenvalue weighted by atomic mass is 9.59. The van der Waals surface area contributed by atoms with Crippen molar-refractivity contribution in [3.05, 3.63) is 83.5 Å². The molecular formula is C41H52O9S. The van der Waals surface area contributed by atoms with E-state index < -0.39 is 35.4 Å². The number of aromatic hydroxyl groups is 1. The lowest BCUT2D eigenvalue weighted by Gasteiger charge is -2.44. The van der Waals surface area contributed by atoms with Crippen LogP contribution in [0.1, 0.15) is 83.8 Å². The molecular weight excluding hydrogens is 669 g/mol. The first-order valence-electron chi connectivity index (χ1n) is 17.9. The Balaban J connectivity index is 1.60. The van der Waals surface area contributed by atoms with Crippen molar-refractivity contribution in [1.82, 2.24) is 0 Å². The largest absolute Gasteiger partial charge is 0.508 e. The quantitative estimate of drug-likeness (QED) is 0.100. The third-order valence-electron chi connectivity index (χ3n) is 10.4. The van der Waals surface area contributed by atoms with Crippen LogP contribution in [0.3, 0.4) is 0 Å². The zero-order valence-corrected chi connectivity index (χ0v) is 31.4. The summed E-state index contributed by atoms with van der Waals surface area (Å²) in [5.74, 6) is -2.57. The second kappa shape index (κ2) is 17.9. The summed E-state index contributed by atoms with van der Waals surface area (Å²) in [6.45, 7) is 21.0. The molecule has 51 heavy (non-hydrogen) atoms. The Hall–Kier alpha value is -4.05. The molecule has 9 nitrogen and oxygen atoms in total. The van der Waals surface area contributed by atoms with Crippen LogP contribution in [-0.2, 0) is 30.2 Å². The predicted octanol–water partition coefficient (Wildman–Crippen LogP) is 9.21. The van der Waals surface area contributed by atoms with Crippen LogP contribution in [0.25, 0.3) is 0 Å². The summed E-state index contributed by atoms with van der Waals surface area (Å²) in [6.07, 6.45) is 8.85. The van der Waals surface area contributed by atoms with Gasteiger partial charge in [0.15, 0.2) is 0 Å². The van der Waals surface area contributed by atoms with Gasteiger partial charge in [0.1, 0.15) is 36.6 Å². The molecule has 1 aromatic carbocycles. The van der Waals surface area contributed by atoms with Gasteiger partial charge in [0.25, 0.3) is 0 Å². The van der Waals surface area contributed by atoms with E-state index in [0.717, 1.165) is 61.4 Å². The molecule has 1 unspecified atom stereocenters. The number of phenolic OH excluding ortho intramolecular Hbond substituents is 1. The molecule has 7 atom stereocenters. The topological polar surface area (TPSA) is 125 Å². The summed E-state index contributed by atoms with van der Waals surface area (Å²) in [4.78, 5) is 52.7. The summed E-state index contributed by atoms with van der Waals surface area (Å²) < 4.78 is 21.8. The fourth-order valence-corrected chi connectivity index (χ4v) is 8.71. The molecule has 0 spiro atoms. The summed E-state index contributed by atoms with van der Waals surface area (Å²) in [5, 5.41) is 10.8. The Kier molecular flexibility index (Phi) is 14.0. The summed E-state index contributed by atoms with van der Waals surface area (Å²) >= 11 is 0.888. The number of aryl methyl sites for hydroxylation is 1. The average molecular weight is 721 g/mol. The van der Waals surface area contributed by atoms with Gasteiger partial charge < -0.3 is 24.1 Å². The van der Waals surface area contributed by atoms with Crippen LogP contribution in [0.2, 0.25) is 0 Å². The summed E-state index contributed by atoms with van der Waals surface area (Å²) in [6, 6.07) is 3.64. The van der Waals surface area contributed by atoms with Gasteiger partial charge in [0.05, 0.1) is 11.8 Å². The van der Waals surface area contributed by atoms with Crippen LogP contribution in [-0.4, -0.2) is 53.4 Å². The van der Waals surface area contributed by atoms with E-state index in [-0.39, 0.29) is 59.7 Å². The molecule has 3 aliphatic carbocycles. The lowest BCUT2D eigenvalue weighted by molar-refractivity contribution is -0.153. The van der Waals surface area contributed by atoms with Crippen LogP contribution < -0.4 is 4.74 Å². The first-order valence-corrected chi connectivity index (χ1v) is 18.8. The number of hydrogen-bond donors (Lipinski definition) is 1. The van der Waals surface area contributed by atoms with E-state index in [4.69, 9.17) is 18.9 Å². The van der Waals surface area contributed by atoms with Crippen molar-refractivity contribution in [2.75, 3.05) is 19.0 Å². The third-order valence-corrected chi connectivity index (χ3v) is 11.2. The smallest absolute Gasteiger partial charge is 0.507 e. The van der Waals surface area contributed by atoms with E-state index in [2.05, 4.69) is 39.7 Å². The highest BCUT2D eigenvalue weighted by Crippen LogP contribution is 2.57. The summed E-state index contributed by atoms with van der Waals surface area (Å²) in [5.41, 5.74) is 4.49. The van der Waals surface area contributed by atoms with Gasteiger partial charge in [-0.3, -0.25) is 4.79 Å². The standard InChI is InChI=1S/C41H52O9S/c1-9-12-13-14-27-20-31(42)35(29-19-24(6)15-16-28(29)23(4)5)32(21-27)50-41(46)51-22-30-25(7)33-34(26(8)49-40(45)48-18-11-3)38(43)37(33)36(30)39(44)47-17-10-2/h10-11,19-21,25-26,28-29,33-34,37,42H,2-4,9,12-18,22H2,1,5-8H3/t25-,26+,28-,29+,33+,34+,37?/m0/s1. The maximum absolute atomic E-state index is 13.7. The van der Waals surface area contributed by atoms with Crippen molar-refractivity contribution in [3.63, 3.8) is 0 Å². The van der Waals surface area contributed by atoms with Crippen LogP contribution >= 0.6 is 11.8 Å². The van der Waals surface area contributed by atoms with Crippen LogP contribution in [0.5, 0.6) is 11.5 Å². The number of ketones is 1.